The molecule has 2 aliphatic rings. The summed E-state index contributed by atoms with van der Waals surface area (Å²) in [7, 11) is 0. The molecular formula is C26H23Cl2N3O4. The van der Waals surface area contributed by atoms with Crippen molar-refractivity contribution in [3.8, 4) is 5.75 Å². The quantitative estimate of drug-likeness (QED) is 0.285. The van der Waals surface area contributed by atoms with Gasteiger partial charge in [0.1, 0.15) is 17.6 Å². The fourth-order valence-electron chi connectivity index (χ4n) is 4.71. The van der Waals surface area contributed by atoms with Gasteiger partial charge in [-0.15, -0.1) is 0 Å². The third kappa shape index (κ3) is 4.42. The zero-order chi connectivity index (χ0) is 24.7. The number of aliphatic hydroxyl groups excluding tert-OH is 1. The Bertz CT molecular complexity index is 1340. The molecule has 2 unspecified atom stereocenters. The summed E-state index contributed by atoms with van der Waals surface area (Å²) in [5, 5.41) is 12.0. The van der Waals surface area contributed by atoms with Crippen LogP contribution in [0.3, 0.4) is 0 Å². The molecule has 1 fully saturated rings. The molecule has 9 heteroatoms. The van der Waals surface area contributed by atoms with Gasteiger partial charge in [0.25, 0.3) is 11.7 Å². The normalized spacial score (nSPS) is 20.8. The number of hydrogen-bond acceptors (Lipinski definition) is 5. The highest BCUT2D eigenvalue weighted by Gasteiger charge is 2.46. The molecular weight excluding hydrogens is 489 g/mol. The van der Waals surface area contributed by atoms with E-state index in [-0.39, 0.29) is 17.4 Å². The summed E-state index contributed by atoms with van der Waals surface area (Å²) in [5.74, 6) is -0.855. The van der Waals surface area contributed by atoms with E-state index >= 15 is 0 Å². The molecule has 0 radical (unpaired) electrons. The first-order chi connectivity index (χ1) is 16.8. The van der Waals surface area contributed by atoms with Crippen LogP contribution < -0.4 is 4.74 Å². The number of amides is 1. The number of Topliss-reactive ketones (excluding diaryl/α,β-unsaturated/α-hetero) is 1. The van der Waals surface area contributed by atoms with E-state index in [0.29, 0.717) is 47.1 Å². The zero-order valence-corrected chi connectivity index (χ0v) is 20.5. The van der Waals surface area contributed by atoms with E-state index in [2.05, 4.69) is 4.98 Å². The number of aryl methyl sites for hydroxylation is 1. The average Bonchev–Trinajstić information content (AvgIpc) is 3.54. The smallest absolute Gasteiger partial charge is 0.295 e. The first-order valence-electron chi connectivity index (χ1n) is 11.3. The zero-order valence-electron chi connectivity index (χ0n) is 18.9. The molecule has 3 aromatic rings. The molecule has 0 saturated carbocycles. The fourth-order valence-corrected chi connectivity index (χ4v) is 5.01. The average molecular weight is 512 g/mol. The van der Waals surface area contributed by atoms with Crippen LogP contribution in [-0.4, -0.2) is 43.9 Å². The van der Waals surface area contributed by atoms with E-state index in [9.17, 15) is 14.7 Å². The lowest BCUT2D eigenvalue weighted by atomic mass is 9.94. The first-order valence-corrected chi connectivity index (χ1v) is 12.1. The highest BCUT2D eigenvalue weighted by Crippen LogP contribution is 2.42. The summed E-state index contributed by atoms with van der Waals surface area (Å²) >= 11 is 12.4. The third-order valence-electron chi connectivity index (χ3n) is 6.34. The topological polar surface area (TPSA) is 84.7 Å². The second-order valence-electron chi connectivity index (χ2n) is 8.78. The lowest BCUT2D eigenvalue weighted by molar-refractivity contribution is -0.139. The minimum Gasteiger partial charge on any atom is -0.507 e. The monoisotopic (exact) mass is 511 g/mol. The van der Waals surface area contributed by atoms with Crippen molar-refractivity contribution in [3.05, 3.63) is 87.4 Å². The second-order valence-corrected chi connectivity index (χ2v) is 9.59. The Morgan fingerprint density at radius 1 is 1.14 bits per heavy atom. The molecule has 1 saturated heterocycles. The molecule has 180 valence electrons. The minimum atomic E-state index is -0.795. The maximum atomic E-state index is 13.2. The molecule has 2 aliphatic heterocycles. The lowest BCUT2D eigenvalue weighted by Gasteiger charge is -2.25. The molecule has 1 N–H and O–H groups in total. The number of nitrogens with zero attached hydrogens (tertiary/aromatic N) is 3. The maximum Gasteiger partial charge on any atom is 0.295 e. The number of rotatable bonds is 6. The number of benzene rings is 2. The van der Waals surface area contributed by atoms with E-state index in [4.69, 9.17) is 27.9 Å². The molecule has 1 aromatic heterocycles. The SMILES string of the molecule is CC1Cc2cc(/C(O)=C3/C(=O)C(=O)N(CCCn4ccnc4)C3c3ccc(Cl)c(Cl)c3)ccc2O1. The number of carbonyl (C=O) groups is 2. The molecule has 0 bridgehead atoms. The lowest BCUT2D eigenvalue weighted by Crippen LogP contribution is -2.31. The van der Waals surface area contributed by atoms with Crippen molar-refractivity contribution in [2.45, 2.75) is 38.5 Å². The summed E-state index contributed by atoms with van der Waals surface area (Å²) in [6.45, 7) is 2.90. The van der Waals surface area contributed by atoms with Gasteiger partial charge in [-0.25, -0.2) is 4.98 Å². The number of ether oxygens (including phenoxy) is 1. The number of likely N-dealkylation sites (tertiary alicyclic amines) is 1. The number of carbonyl (C=O) groups excluding carboxylic acids is 2. The second kappa shape index (κ2) is 9.40. The Morgan fingerprint density at radius 3 is 2.71 bits per heavy atom. The summed E-state index contributed by atoms with van der Waals surface area (Å²) in [6, 6.07) is 9.48. The minimum absolute atomic E-state index is 0.0305. The summed E-state index contributed by atoms with van der Waals surface area (Å²) in [5.41, 5.74) is 2.04. The molecule has 0 aliphatic carbocycles. The van der Waals surface area contributed by atoms with Crippen molar-refractivity contribution < 1.29 is 19.4 Å². The molecule has 2 atom stereocenters. The highest BCUT2D eigenvalue weighted by atomic mass is 35.5. The van der Waals surface area contributed by atoms with Crippen LogP contribution >= 0.6 is 23.2 Å². The Kier molecular flexibility index (Phi) is 6.30. The fraction of sp³-hybridized carbons (Fsp3) is 0.269. The number of hydrogen-bond donors (Lipinski definition) is 1. The van der Waals surface area contributed by atoms with Crippen molar-refractivity contribution in [1.82, 2.24) is 14.5 Å². The van der Waals surface area contributed by atoms with Crippen LogP contribution in [0.25, 0.3) is 5.76 Å². The number of halogens is 2. The summed E-state index contributed by atoms with van der Waals surface area (Å²) in [4.78, 5) is 31.9. The third-order valence-corrected chi connectivity index (χ3v) is 7.08. The van der Waals surface area contributed by atoms with Gasteiger partial charge < -0.3 is 19.3 Å². The number of imidazole rings is 1. The molecule has 3 heterocycles. The number of fused-ring (bicyclic) bond motifs is 1. The van der Waals surface area contributed by atoms with E-state index < -0.39 is 17.7 Å². The number of aliphatic hydroxyl groups is 1. The van der Waals surface area contributed by atoms with Gasteiger partial charge in [0, 0.05) is 37.5 Å². The van der Waals surface area contributed by atoms with Gasteiger partial charge in [0.2, 0.25) is 0 Å². The first kappa shape index (κ1) is 23.5. The number of aromatic nitrogens is 2. The van der Waals surface area contributed by atoms with E-state index in [1.54, 1.807) is 42.9 Å². The molecule has 2 aromatic carbocycles. The van der Waals surface area contributed by atoms with Crippen LogP contribution in [0.15, 0.2) is 60.7 Å². The van der Waals surface area contributed by atoms with E-state index in [0.717, 1.165) is 11.3 Å². The maximum absolute atomic E-state index is 13.2. The van der Waals surface area contributed by atoms with Crippen LogP contribution in [0.2, 0.25) is 10.0 Å². The largest absolute Gasteiger partial charge is 0.507 e. The van der Waals surface area contributed by atoms with Crippen LogP contribution in [-0.2, 0) is 22.6 Å². The van der Waals surface area contributed by atoms with Gasteiger partial charge in [-0.2, -0.15) is 0 Å². The summed E-state index contributed by atoms with van der Waals surface area (Å²) in [6.07, 6.45) is 6.56. The highest BCUT2D eigenvalue weighted by molar-refractivity contribution is 6.46. The van der Waals surface area contributed by atoms with Crippen molar-refractivity contribution in [2.75, 3.05) is 6.54 Å². The predicted octanol–water partition coefficient (Wildman–Crippen LogP) is 5.03. The van der Waals surface area contributed by atoms with Crippen molar-refractivity contribution in [1.29, 1.82) is 0 Å². The standard InChI is InChI=1S/C26H23Cl2N3O4/c1-15-11-18-12-17(4-6-21(18)35-15)24(32)22-23(16-3-5-19(27)20(28)13-16)31(26(34)25(22)33)9-2-8-30-10-7-29-14-30/h3-7,10,12-15,23,32H,2,8-9,11H2,1H3/b24-22-. The van der Waals surface area contributed by atoms with Crippen LogP contribution in [0.4, 0.5) is 0 Å². The molecule has 7 nitrogen and oxygen atoms in total. The van der Waals surface area contributed by atoms with Crippen molar-refractivity contribution >= 4 is 40.7 Å². The summed E-state index contributed by atoms with van der Waals surface area (Å²) < 4.78 is 7.65. The van der Waals surface area contributed by atoms with Gasteiger partial charge >= 0.3 is 0 Å². The predicted molar refractivity (Wildman–Crippen MR) is 133 cm³/mol. The van der Waals surface area contributed by atoms with Crippen LogP contribution in [0.5, 0.6) is 5.75 Å². The Balaban J connectivity index is 1.55. The van der Waals surface area contributed by atoms with Gasteiger partial charge in [-0.05, 0) is 54.8 Å². The van der Waals surface area contributed by atoms with Gasteiger partial charge in [-0.1, -0.05) is 29.3 Å². The molecule has 0 spiro atoms. The van der Waals surface area contributed by atoms with E-state index in [1.165, 1.54) is 4.90 Å². The van der Waals surface area contributed by atoms with Crippen molar-refractivity contribution in [2.24, 2.45) is 0 Å². The van der Waals surface area contributed by atoms with Crippen LogP contribution in [0, 0.1) is 0 Å². The molecule has 35 heavy (non-hydrogen) atoms. The molecule has 1 amide bonds. The Labute approximate surface area is 212 Å². The Morgan fingerprint density at radius 2 is 1.97 bits per heavy atom. The van der Waals surface area contributed by atoms with Crippen molar-refractivity contribution in [3.63, 3.8) is 0 Å². The van der Waals surface area contributed by atoms with Crippen LogP contribution in [0.1, 0.15) is 36.1 Å². The van der Waals surface area contributed by atoms with E-state index in [1.807, 2.05) is 23.8 Å². The molecule has 5 rings (SSSR count). The van der Waals surface area contributed by atoms with Gasteiger partial charge in [0.05, 0.1) is 28.0 Å². The number of ketones is 1. The van der Waals surface area contributed by atoms with Gasteiger partial charge in [0.15, 0.2) is 0 Å². The van der Waals surface area contributed by atoms with Gasteiger partial charge in [-0.3, -0.25) is 9.59 Å². The Hall–Kier alpha value is -3.29.